The molecule has 130 valence electrons. The second kappa shape index (κ2) is 9.34. The van der Waals surface area contributed by atoms with Gasteiger partial charge in [0.25, 0.3) is 0 Å². The molecule has 0 atom stereocenters. The number of anilines is 1. The molecule has 2 rings (SSSR count). The molecule has 2 amide bonds. The van der Waals surface area contributed by atoms with E-state index in [9.17, 15) is 4.79 Å². The molecule has 6 nitrogen and oxygen atoms in total. The molecule has 1 heterocycles. The Hall–Kier alpha value is -1.99. The van der Waals surface area contributed by atoms with Crippen LogP contribution in [-0.2, 0) is 13.0 Å². The maximum Gasteiger partial charge on any atom is 0.321 e. The molecule has 0 bridgehead atoms. The average Bonchev–Trinajstić information content (AvgIpc) is 3.05. The minimum Gasteiger partial charge on any atom is -0.392 e. The SMILES string of the molecule is CCC(CC)c1nnc(NC(=O)NCCc2ccc(CO)cc2)s1. The molecule has 0 saturated carbocycles. The highest BCUT2D eigenvalue weighted by Crippen LogP contribution is 2.27. The number of aliphatic hydroxyl groups is 1. The van der Waals surface area contributed by atoms with Gasteiger partial charge in [0.2, 0.25) is 5.13 Å². The number of carbonyl (C=O) groups excluding carboxylic acids is 1. The van der Waals surface area contributed by atoms with Crippen molar-refractivity contribution in [3.05, 3.63) is 40.4 Å². The molecule has 1 aromatic heterocycles. The summed E-state index contributed by atoms with van der Waals surface area (Å²) in [4.78, 5) is 11.9. The van der Waals surface area contributed by atoms with Crippen molar-refractivity contribution < 1.29 is 9.90 Å². The van der Waals surface area contributed by atoms with Gasteiger partial charge in [-0.1, -0.05) is 49.4 Å². The van der Waals surface area contributed by atoms with Crippen molar-refractivity contribution in [1.82, 2.24) is 15.5 Å². The van der Waals surface area contributed by atoms with Crippen LogP contribution >= 0.6 is 11.3 Å². The summed E-state index contributed by atoms with van der Waals surface area (Å²) in [6.07, 6.45) is 2.77. The molecule has 0 unspecified atom stereocenters. The Morgan fingerprint density at radius 1 is 1.17 bits per heavy atom. The summed E-state index contributed by atoms with van der Waals surface area (Å²) in [5, 5.41) is 24.2. The lowest BCUT2D eigenvalue weighted by Gasteiger charge is -2.06. The molecule has 24 heavy (non-hydrogen) atoms. The molecule has 0 saturated heterocycles. The van der Waals surface area contributed by atoms with Gasteiger partial charge in [-0.15, -0.1) is 10.2 Å². The minimum absolute atomic E-state index is 0.0433. The zero-order valence-corrected chi connectivity index (χ0v) is 14.9. The third-order valence-electron chi connectivity index (χ3n) is 3.90. The fourth-order valence-corrected chi connectivity index (χ4v) is 3.37. The quantitative estimate of drug-likeness (QED) is 0.683. The van der Waals surface area contributed by atoms with E-state index >= 15 is 0 Å². The van der Waals surface area contributed by atoms with Gasteiger partial charge in [0, 0.05) is 12.5 Å². The number of hydrogen-bond donors (Lipinski definition) is 3. The highest BCUT2D eigenvalue weighted by atomic mass is 32.1. The van der Waals surface area contributed by atoms with E-state index in [1.165, 1.54) is 11.3 Å². The molecule has 0 aliphatic carbocycles. The summed E-state index contributed by atoms with van der Waals surface area (Å²) < 4.78 is 0. The normalized spacial score (nSPS) is 10.8. The molecular weight excluding hydrogens is 324 g/mol. The van der Waals surface area contributed by atoms with Gasteiger partial charge in [-0.2, -0.15) is 0 Å². The summed E-state index contributed by atoms with van der Waals surface area (Å²) in [5.74, 6) is 0.406. The Balaban J connectivity index is 1.76. The van der Waals surface area contributed by atoms with Crippen LogP contribution in [0, 0.1) is 0 Å². The first kappa shape index (κ1) is 18.4. The van der Waals surface area contributed by atoms with Gasteiger partial charge in [-0.25, -0.2) is 4.79 Å². The number of rotatable bonds is 8. The second-order valence-corrected chi connectivity index (χ2v) is 6.57. The summed E-state index contributed by atoms with van der Waals surface area (Å²) in [5.41, 5.74) is 1.99. The van der Waals surface area contributed by atoms with Gasteiger partial charge in [0.15, 0.2) is 0 Å². The highest BCUT2D eigenvalue weighted by molar-refractivity contribution is 7.15. The van der Waals surface area contributed by atoms with Crippen LogP contribution < -0.4 is 10.6 Å². The van der Waals surface area contributed by atoms with E-state index in [-0.39, 0.29) is 12.6 Å². The second-order valence-electron chi connectivity index (χ2n) is 5.56. The van der Waals surface area contributed by atoms with Crippen molar-refractivity contribution in [2.75, 3.05) is 11.9 Å². The van der Waals surface area contributed by atoms with E-state index < -0.39 is 0 Å². The third kappa shape index (κ3) is 5.28. The van der Waals surface area contributed by atoms with E-state index in [1.807, 2.05) is 24.3 Å². The minimum atomic E-state index is -0.269. The molecule has 3 N–H and O–H groups in total. The maximum absolute atomic E-state index is 11.9. The van der Waals surface area contributed by atoms with Gasteiger partial charge in [0.1, 0.15) is 5.01 Å². The monoisotopic (exact) mass is 348 g/mol. The fraction of sp³-hybridized carbons (Fsp3) is 0.471. The Morgan fingerprint density at radius 2 is 1.83 bits per heavy atom. The number of carbonyl (C=O) groups is 1. The Morgan fingerprint density at radius 3 is 2.46 bits per heavy atom. The van der Waals surface area contributed by atoms with Gasteiger partial charge < -0.3 is 10.4 Å². The zero-order chi connectivity index (χ0) is 17.4. The number of amides is 2. The highest BCUT2D eigenvalue weighted by Gasteiger charge is 2.14. The van der Waals surface area contributed by atoms with Gasteiger partial charge in [-0.05, 0) is 30.4 Å². The maximum atomic E-state index is 11.9. The van der Waals surface area contributed by atoms with Gasteiger partial charge in [0.05, 0.1) is 6.61 Å². The molecule has 0 spiro atoms. The Labute approximate surface area is 146 Å². The van der Waals surface area contributed by atoms with E-state index in [2.05, 4.69) is 34.7 Å². The first-order valence-corrected chi connectivity index (χ1v) is 9.04. The Kier molecular flexibility index (Phi) is 7.14. The standard InChI is InChI=1S/C17H24N4O2S/c1-3-14(4-2)15-20-21-17(24-15)19-16(23)18-10-9-12-5-7-13(11-22)8-6-12/h5-8,14,22H,3-4,9-11H2,1-2H3,(H2,18,19,21,23). The lowest BCUT2D eigenvalue weighted by Crippen LogP contribution is -2.30. The summed E-state index contributed by atoms with van der Waals surface area (Å²) >= 11 is 1.43. The first-order chi connectivity index (χ1) is 11.7. The van der Waals surface area contributed by atoms with Gasteiger partial charge >= 0.3 is 6.03 Å². The van der Waals surface area contributed by atoms with E-state index in [4.69, 9.17) is 5.11 Å². The van der Waals surface area contributed by atoms with Crippen molar-refractivity contribution in [2.24, 2.45) is 0 Å². The van der Waals surface area contributed by atoms with Crippen LogP contribution in [0.5, 0.6) is 0 Å². The number of aromatic nitrogens is 2. The van der Waals surface area contributed by atoms with Crippen LogP contribution in [0.2, 0.25) is 0 Å². The molecule has 0 radical (unpaired) electrons. The summed E-state index contributed by atoms with van der Waals surface area (Å²) in [7, 11) is 0. The van der Waals surface area contributed by atoms with Crippen molar-refractivity contribution in [3.8, 4) is 0 Å². The van der Waals surface area contributed by atoms with Crippen LogP contribution in [-0.4, -0.2) is 27.9 Å². The fourth-order valence-electron chi connectivity index (χ4n) is 2.36. The molecule has 0 fully saturated rings. The molecule has 7 heteroatoms. The number of nitrogens with zero attached hydrogens (tertiary/aromatic N) is 2. The smallest absolute Gasteiger partial charge is 0.321 e. The summed E-state index contributed by atoms with van der Waals surface area (Å²) in [6.45, 7) is 4.83. The van der Waals surface area contributed by atoms with E-state index in [0.717, 1.165) is 35.4 Å². The van der Waals surface area contributed by atoms with E-state index in [1.54, 1.807) is 0 Å². The molecule has 2 aromatic rings. The van der Waals surface area contributed by atoms with Crippen LogP contribution in [0.4, 0.5) is 9.93 Å². The number of benzene rings is 1. The molecule has 0 aliphatic rings. The molecular formula is C17H24N4O2S. The van der Waals surface area contributed by atoms with Crippen molar-refractivity contribution in [1.29, 1.82) is 0 Å². The number of hydrogen-bond acceptors (Lipinski definition) is 5. The largest absolute Gasteiger partial charge is 0.392 e. The zero-order valence-electron chi connectivity index (χ0n) is 14.1. The van der Waals surface area contributed by atoms with Crippen molar-refractivity contribution in [2.45, 2.75) is 45.6 Å². The number of aliphatic hydroxyl groups excluding tert-OH is 1. The van der Waals surface area contributed by atoms with Crippen LogP contribution in [0.3, 0.4) is 0 Å². The van der Waals surface area contributed by atoms with Gasteiger partial charge in [-0.3, -0.25) is 5.32 Å². The number of nitrogens with one attached hydrogen (secondary N) is 2. The van der Waals surface area contributed by atoms with Crippen LogP contribution in [0.15, 0.2) is 24.3 Å². The third-order valence-corrected chi connectivity index (χ3v) is 4.90. The predicted molar refractivity (Wildman–Crippen MR) is 96.3 cm³/mol. The van der Waals surface area contributed by atoms with Crippen LogP contribution in [0.1, 0.15) is 48.7 Å². The molecule has 1 aromatic carbocycles. The van der Waals surface area contributed by atoms with Crippen molar-refractivity contribution >= 4 is 22.5 Å². The van der Waals surface area contributed by atoms with E-state index in [0.29, 0.717) is 17.6 Å². The predicted octanol–water partition coefficient (Wildman–Crippen LogP) is 3.30. The van der Waals surface area contributed by atoms with Crippen molar-refractivity contribution in [3.63, 3.8) is 0 Å². The topological polar surface area (TPSA) is 87.1 Å². The lowest BCUT2D eigenvalue weighted by molar-refractivity contribution is 0.252. The average molecular weight is 348 g/mol. The van der Waals surface area contributed by atoms with Crippen LogP contribution in [0.25, 0.3) is 0 Å². The molecule has 0 aliphatic heterocycles. The number of urea groups is 1. The first-order valence-electron chi connectivity index (χ1n) is 8.23. The Bertz CT molecular complexity index is 638. The lowest BCUT2D eigenvalue weighted by atomic mass is 10.1. The summed E-state index contributed by atoms with van der Waals surface area (Å²) in [6, 6.07) is 7.41.